The van der Waals surface area contributed by atoms with Gasteiger partial charge in [0.25, 0.3) is 0 Å². The molecule has 0 saturated carbocycles. The highest BCUT2D eigenvalue weighted by atomic mass is 79.9. The van der Waals surface area contributed by atoms with Gasteiger partial charge in [0.1, 0.15) is 10.3 Å². The molecule has 4 nitrogen and oxygen atoms in total. The van der Waals surface area contributed by atoms with Gasteiger partial charge < -0.3 is 0 Å². The van der Waals surface area contributed by atoms with Crippen LogP contribution in [0.1, 0.15) is 17.1 Å². The molecule has 3 heterocycles. The second kappa shape index (κ2) is 5.54. The lowest BCUT2D eigenvalue weighted by Crippen LogP contribution is -1.93. The van der Waals surface area contributed by atoms with Gasteiger partial charge in [0.05, 0.1) is 5.69 Å². The van der Waals surface area contributed by atoms with E-state index in [9.17, 15) is 0 Å². The number of hydrogen-bond donors (Lipinski definition) is 0. The van der Waals surface area contributed by atoms with Crippen LogP contribution >= 0.6 is 27.7 Å². The Kier molecular flexibility index (Phi) is 3.76. The molecule has 0 aliphatic rings. The Morgan fingerprint density at radius 3 is 2.60 bits per heavy atom. The highest BCUT2D eigenvalue weighted by Gasteiger charge is 2.10. The summed E-state index contributed by atoms with van der Waals surface area (Å²) in [5.74, 6) is 0.741. The SMILES string of the molecule is Cc1cc(C)nc(SCc2nc3ccccn3c2Br)n1. The predicted molar refractivity (Wildman–Crippen MR) is 84.0 cm³/mol. The third kappa shape index (κ3) is 2.71. The molecular weight excluding hydrogens is 336 g/mol. The minimum atomic E-state index is 0.741. The number of aryl methyl sites for hydroxylation is 2. The first-order valence-electron chi connectivity index (χ1n) is 6.20. The molecule has 0 unspecified atom stereocenters. The van der Waals surface area contributed by atoms with Crippen molar-refractivity contribution in [2.24, 2.45) is 0 Å². The Labute approximate surface area is 129 Å². The number of hydrogen-bond acceptors (Lipinski definition) is 4. The summed E-state index contributed by atoms with van der Waals surface area (Å²) in [5, 5.41) is 0.798. The number of halogens is 1. The molecule has 3 aromatic heterocycles. The van der Waals surface area contributed by atoms with Crippen LogP contribution < -0.4 is 0 Å². The Bertz CT molecular complexity index is 749. The molecule has 102 valence electrons. The van der Waals surface area contributed by atoms with Gasteiger partial charge in [-0.25, -0.2) is 15.0 Å². The van der Waals surface area contributed by atoms with Crippen molar-refractivity contribution in [3.63, 3.8) is 0 Å². The molecule has 3 rings (SSSR count). The van der Waals surface area contributed by atoms with Crippen LogP contribution in [0.15, 0.2) is 40.2 Å². The average molecular weight is 349 g/mol. The number of rotatable bonds is 3. The largest absolute Gasteiger partial charge is 0.294 e. The van der Waals surface area contributed by atoms with Gasteiger partial charge in [0.15, 0.2) is 5.16 Å². The van der Waals surface area contributed by atoms with E-state index in [1.807, 2.05) is 48.7 Å². The van der Waals surface area contributed by atoms with Crippen molar-refractivity contribution in [1.29, 1.82) is 0 Å². The van der Waals surface area contributed by atoms with Gasteiger partial charge in [-0.1, -0.05) is 17.8 Å². The fourth-order valence-electron chi connectivity index (χ4n) is 2.00. The Balaban J connectivity index is 1.84. The van der Waals surface area contributed by atoms with Gasteiger partial charge >= 0.3 is 0 Å². The normalized spacial score (nSPS) is 11.2. The van der Waals surface area contributed by atoms with E-state index in [1.54, 1.807) is 11.8 Å². The highest BCUT2D eigenvalue weighted by Crippen LogP contribution is 2.25. The molecular formula is C14H13BrN4S. The first-order chi connectivity index (χ1) is 9.63. The lowest BCUT2D eigenvalue weighted by molar-refractivity contribution is 0.901. The third-order valence-corrected chi connectivity index (χ3v) is 4.54. The van der Waals surface area contributed by atoms with Gasteiger partial charge in [-0.3, -0.25) is 4.40 Å². The number of pyridine rings is 1. The molecule has 0 N–H and O–H groups in total. The predicted octanol–water partition coefficient (Wildman–Crippen LogP) is 3.80. The highest BCUT2D eigenvalue weighted by molar-refractivity contribution is 9.10. The fraction of sp³-hybridized carbons (Fsp3) is 0.214. The minimum Gasteiger partial charge on any atom is -0.294 e. The number of imidazole rings is 1. The zero-order valence-electron chi connectivity index (χ0n) is 11.2. The zero-order valence-corrected chi connectivity index (χ0v) is 13.6. The van der Waals surface area contributed by atoms with Gasteiger partial charge in [-0.2, -0.15) is 0 Å². The first-order valence-corrected chi connectivity index (χ1v) is 7.98. The molecule has 0 amide bonds. The van der Waals surface area contributed by atoms with E-state index in [0.29, 0.717) is 0 Å². The summed E-state index contributed by atoms with van der Waals surface area (Å²) in [6, 6.07) is 7.94. The van der Waals surface area contributed by atoms with Crippen LogP contribution in [-0.4, -0.2) is 19.4 Å². The van der Waals surface area contributed by atoms with E-state index >= 15 is 0 Å². The maximum absolute atomic E-state index is 4.61. The molecule has 3 aromatic rings. The van der Waals surface area contributed by atoms with Crippen LogP contribution in [0, 0.1) is 13.8 Å². The Morgan fingerprint density at radius 2 is 1.90 bits per heavy atom. The van der Waals surface area contributed by atoms with Crippen LogP contribution in [0.4, 0.5) is 0 Å². The van der Waals surface area contributed by atoms with Crippen molar-refractivity contribution in [2.45, 2.75) is 24.8 Å². The number of aromatic nitrogens is 4. The van der Waals surface area contributed by atoms with E-state index in [-0.39, 0.29) is 0 Å². The van der Waals surface area contributed by atoms with Crippen molar-refractivity contribution in [3.05, 3.63) is 52.1 Å². The average Bonchev–Trinajstić information content (AvgIpc) is 2.73. The topological polar surface area (TPSA) is 43.1 Å². The molecule has 0 bridgehead atoms. The molecule has 0 aliphatic heterocycles. The van der Waals surface area contributed by atoms with E-state index in [1.165, 1.54) is 0 Å². The molecule has 0 radical (unpaired) electrons. The molecule has 0 saturated heterocycles. The summed E-state index contributed by atoms with van der Waals surface area (Å²) in [4.78, 5) is 13.5. The lowest BCUT2D eigenvalue weighted by atomic mass is 10.4. The number of fused-ring (bicyclic) bond motifs is 1. The minimum absolute atomic E-state index is 0.741. The first kappa shape index (κ1) is 13.6. The summed E-state index contributed by atoms with van der Waals surface area (Å²) in [7, 11) is 0. The van der Waals surface area contributed by atoms with Crippen LogP contribution in [0.25, 0.3) is 5.65 Å². The lowest BCUT2D eigenvalue weighted by Gasteiger charge is -2.01. The molecule has 0 aromatic carbocycles. The van der Waals surface area contributed by atoms with Crippen molar-refractivity contribution < 1.29 is 0 Å². The maximum atomic E-state index is 4.61. The van der Waals surface area contributed by atoms with Crippen molar-refractivity contribution in [2.75, 3.05) is 0 Å². The summed E-state index contributed by atoms with van der Waals surface area (Å²) < 4.78 is 3.02. The molecule has 0 spiro atoms. The number of thioether (sulfide) groups is 1. The monoisotopic (exact) mass is 348 g/mol. The maximum Gasteiger partial charge on any atom is 0.188 e. The van der Waals surface area contributed by atoms with E-state index < -0.39 is 0 Å². The summed E-state index contributed by atoms with van der Waals surface area (Å²) in [6.07, 6.45) is 1.99. The summed E-state index contributed by atoms with van der Waals surface area (Å²) in [6.45, 7) is 3.97. The molecule has 20 heavy (non-hydrogen) atoms. The van der Waals surface area contributed by atoms with Gasteiger partial charge in [0, 0.05) is 23.3 Å². The second-order valence-electron chi connectivity index (χ2n) is 4.50. The van der Waals surface area contributed by atoms with Crippen molar-refractivity contribution in [3.8, 4) is 0 Å². The van der Waals surface area contributed by atoms with E-state index in [4.69, 9.17) is 0 Å². The van der Waals surface area contributed by atoms with Gasteiger partial charge in [0.2, 0.25) is 0 Å². The molecule has 0 fully saturated rings. The molecule has 0 atom stereocenters. The van der Waals surface area contributed by atoms with Crippen LogP contribution in [0.3, 0.4) is 0 Å². The van der Waals surface area contributed by atoms with Gasteiger partial charge in [-0.05, 0) is 48.0 Å². The van der Waals surface area contributed by atoms with Crippen molar-refractivity contribution >= 4 is 33.3 Å². The number of nitrogens with zero attached hydrogens (tertiary/aromatic N) is 4. The van der Waals surface area contributed by atoms with Crippen LogP contribution in [-0.2, 0) is 5.75 Å². The van der Waals surface area contributed by atoms with Crippen molar-refractivity contribution in [1.82, 2.24) is 19.4 Å². The quantitative estimate of drug-likeness (QED) is 0.533. The Morgan fingerprint density at radius 1 is 1.15 bits per heavy atom. The van der Waals surface area contributed by atoms with Gasteiger partial charge in [-0.15, -0.1) is 0 Å². The smallest absolute Gasteiger partial charge is 0.188 e. The summed E-state index contributed by atoms with van der Waals surface area (Å²) >= 11 is 5.20. The second-order valence-corrected chi connectivity index (χ2v) is 6.19. The van der Waals surface area contributed by atoms with Crippen LogP contribution in [0.5, 0.6) is 0 Å². The fourth-order valence-corrected chi connectivity index (χ4v) is 3.60. The third-order valence-electron chi connectivity index (χ3n) is 2.84. The standard InChI is InChI=1S/C14H13BrN4S/c1-9-7-10(2)17-14(16-9)20-8-11-13(15)19-6-4-3-5-12(19)18-11/h3-7H,8H2,1-2H3. The van der Waals surface area contributed by atoms with E-state index in [2.05, 4.69) is 30.9 Å². The Hall–Kier alpha value is -1.40. The van der Waals surface area contributed by atoms with E-state index in [0.717, 1.165) is 38.2 Å². The molecule has 6 heteroatoms. The zero-order chi connectivity index (χ0) is 14.1. The summed E-state index contributed by atoms with van der Waals surface area (Å²) in [5.41, 5.74) is 3.93. The molecule has 0 aliphatic carbocycles. The van der Waals surface area contributed by atoms with Crippen LogP contribution in [0.2, 0.25) is 0 Å².